The van der Waals surface area contributed by atoms with E-state index < -0.39 is 22.2 Å². The van der Waals surface area contributed by atoms with Gasteiger partial charge in [-0.15, -0.1) is 26.3 Å². The highest BCUT2D eigenvalue weighted by molar-refractivity contribution is 7.19. The number of hydrogen-bond donors (Lipinski definition) is 1. The van der Waals surface area contributed by atoms with Gasteiger partial charge in [0, 0.05) is 45.8 Å². The standard InChI is InChI=1S/C18H42Cl3N3Si3.C12H21N3.C3H7N/c1-25(2,19)13-7-10-22-16-23(11-8-14-26(3,4)20)18-24(17-22)12-9-15-27(5,6)21;1-4-7-13-10-14(8-5-2)12-15(11-13)9-6-3;1-2-3-4/h7-18H2,1-6H3;4-6H,1-3,7-12H2;2H,1,3-4H2. The molecular formula is C33H70Cl3N7Si3. The fourth-order valence-corrected chi connectivity index (χ4v) is 9.65. The lowest BCUT2D eigenvalue weighted by atomic mass is 10.3. The van der Waals surface area contributed by atoms with Crippen molar-refractivity contribution >= 4 is 55.4 Å². The van der Waals surface area contributed by atoms with Gasteiger partial charge in [0.1, 0.15) is 0 Å². The summed E-state index contributed by atoms with van der Waals surface area (Å²) >= 11 is 19.5. The summed E-state index contributed by atoms with van der Waals surface area (Å²) in [5, 5.41) is 0. The SMILES string of the molecule is C=CCN.C=CCN1CN(CC=C)CN(CC=C)C1.C[Si](C)(Cl)CCCN1CN(CCC[Si](C)(C)Cl)CN(CCC[Si](C)(C)Cl)C1. The molecule has 2 N–H and O–H groups in total. The molecule has 0 spiro atoms. The van der Waals surface area contributed by atoms with Crippen LogP contribution in [0.3, 0.4) is 0 Å². The highest BCUT2D eigenvalue weighted by atomic mass is 35.6. The second-order valence-corrected chi connectivity index (χ2v) is 35.5. The molecule has 0 unspecified atom stereocenters. The van der Waals surface area contributed by atoms with Gasteiger partial charge in [-0.25, -0.2) is 0 Å². The number of rotatable bonds is 19. The quantitative estimate of drug-likeness (QED) is 0.0823. The van der Waals surface area contributed by atoms with Crippen LogP contribution in [-0.4, -0.2) is 137 Å². The van der Waals surface area contributed by atoms with Crippen molar-refractivity contribution in [1.29, 1.82) is 0 Å². The molecule has 0 aliphatic carbocycles. The molecular weight excluding hydrogens is 685 g/mol. The summed E-state index contributed by atoms with van der Waals surface area (Å²) in [5.41, 5.74) is 4.91. The van der Waals surface area contributed by atoms with Crippen LogP contribution in [0.1, 0.15) is 19.3 Å². The van der Waals surface area contributed by atoms with Crippen LogP contribution in [-0.2, 0) is 0 Å². The molecule has 2 aliphatic heterocycles. The smallest absolute Gasteiger partial charge is 0.150 e. The number of halogens is 3. The number of nitrogens with two attached hydrogens (primary N) is 1. The Morgan fingerprint density at radius 3 is 0.870 bits per heavy atom. The number of nitrogens with zero attached hydrogens (tertiary/aromatic N) is 6. The van der Waals surface area contributed by atoms with E-state index in [1.165, 1.54) is 37.4 Å². The highest BCUT2D eigenvalue weighted by Gasteiger charge is 2.26. The zero-order valence-electron chi connectivity index (χ0n) is 30.5. The highest BCUT2D eigenvalue weighted by Crippen LogP contribution is 2.21. The first-order valence-corrected chi connectivity index (χ1v) is 29.7. The third kappa shape index (κ3) is 27.1. The van der Waals surface area contributed by atoms with E-state index >= 15 is 0 Å². The van der Waals surface area contributed by atoms with E-state index in [9.17, 15) is 0 Å². The second kappa shape index (κ2) is 25.2. The van der Waals surface area contributed by atoms with Crippen LogP contribution in [0.5, 0.6) is 0 Å². The van der Waals surface area contributed by atoms with Gasteiger partial charge in [-0.3, -0.25) is 29.4 Å². The minimum absolute atomic E-state index is 0.583. The Kier molecular flexibility index (Phi) is 25.3. The maximum Gasteiger partial charge on any atom is 0.150 e. The molecule has 0 bridgehead atoms. The van der Waals surface area contributed by atoms with Crippen molar-refractivity contribution in [2.45, 2.75) is 76.7 Å². The van der Waals surface area contributed by atoms with Gasteiger partial charge in [-0.05, 0) is 37.4 Å². The molecule has 270 valence electrons. The molecule has 0 radical (unpaired) electrons. The Morgan fingerprint density at radius 1 is 0.478 bits per heavy atom. The molecule has 0 amide bonds. The Bertz CT molecular complexity index is 723. The van der Waals surface area contributed by atoms with Gasteiger partial charge in [0.05, 0.1) is 40.0 Å². The van der Waals surface area contributed by atoms with Crippen molar-refractivity contribution in [3.05, 3.63) is 50.6 Å². The molecule has 46 heavy (non-hydrogen) atoms. The van der Waals surface area contributed by atoms with Gasteiger partial charge < -0.3 is 5.73 Å². The summed E-state index contributed by atoms with van der Waals surface area (Å²) < 4.78 is 0. The summed E-state index contributed by atoms with van der Waals surface area (Å²) in [7, 11) is -4.38. The zero-order valence-corrected chi connectivity index (χ0v) is 35.7. The molecule has 0 atom stereocenters. The fourth-order valence-electron chi connectivity index (χ4n) is 5.45. The Hall–Kier alpha value is 0.201. The van der Waals surface area contributed by atoms with Gasteiger partial charge in [0.25, 0.3) is 0 Å². The van der Waals surface area contributed by atoms with Crippen molar-refractivity contribution < 1.29 is 0 Å². The van der Waals surface area contributed by atoms with Crippen molar-refractivity contribution in [1.82, 2.24) is 29.4 Å². The van der Waals surface area contributed by atoms with E-state index in [4.69, 9.17) is 39.0 Å². The lowest BCUT2D eigenvalue weighted by Crippen LogP contribution is -2.55. The molecule has 13 heteroatoms. The molecule has 0 aromatic carbocycles. The Balaban J connectivity index is 0.000000889. The van der Waals surface area contributed by atoms with Crippen LogP contribution in [0.4, 0.5) is 0 Å². The maximum atomic E-state index is 6.51. The average Bonchev–Trinajstić information content (AvgIpc) is 2.92. The predicted octanol–water partition coefficient (Wildman–Crippen LogP) is 7.75. The second-order valence-electron chi connectivity index (χ2n) is 14.4. The molecule has 2 rings (SSSR count). The minimum atomic E-state index is -1.46. The third-order valence-corrected chi connectivity index (χ3v) is 13.8. The summed E-state index contributed by atoms with van der Waals surface area (Å²) in [6, 6.07) is 3.59. The van der Waals surface area contributed by atoms with E-state index in [0.29, 0.717) is 6.54 Å². The van der Waals surface area contributed by atoms with Crippen LogP contribution >= 0.6 is 33.2 Å². The van der Waals surface area contributed by atoms with Gasteiger partial charge in [-0.1, -0.05) is 63.6 Å². The molecule has 2 aliphatic rings. The first-order chi connectivity index (χ1) is 21.4. The van der Waals surface area contributed by atoms with Gasteiger partial charge >= 0.3 is 0 Å². The third-order valence-electron chi connectivity index (χ3n) is 7.47. The maximum absolute atomic E-state index is 6.51. The Morgan fingerprint density at radius 2 is 0.696 bits per heavy atom. The molecule has 2 saturated heterocycles. The lowest BCUT2D eigenvalue weighted by molar-refractivity contribution is -0.0289. The summed E-state index contributed by atoms with van der Waals surface area (Å²) in [5.74, 6) is 0. The van der Waals surface area contributed by atoms with Crippen LogP contribution in [0.25, 0.3) is 0 Å². The van der Waals surface area contributed by atoms with Crippen LogP contribution in [0, 0.1) is 0 Å². The minimum Gasteiger partial charge on any atom is -0.327 e. The fraction of sp³-hybridized carbons (Fsp3) is 0.758. The zero-order chi connectivity index (χ0) is 35.2. The first kappa shape index (κ1) is 46.2. The molecule has 7 nitrogen and oxygen atoms in total. The lowest BCUT2D eigenvalue weighted by Gasteiger charge is -2.43. The van der Waals surface area contributed by atoms with Crippen molar-refractivity contribution in [2.75, 3.05) is 85.8 Å². The van der Waals surface area contributed by atoms with Crippen molar-refractivity contribution in [2.24, 2.45) is 5.73 Å². The van der Waals surface area contributed by atoms with E-state index in [2.05, 4.69) is 95.0 Å². The van der Waals surface area contributed by atoms with Gasteiger partial charge in [0.2, 0.25) is 0 Å². The summed E-state index contributed by atoms with van der Waals surface area (Å²) in [6.07, 6.45) is 11.1. The van der Waals surface area contributed by atoms with Crippen LogP contribution < -0.4 is 5.73 Å². The molecule has 0 saturated carbocycles. The largest absolute Gasteiger partial charge is 0.327 e. The Labute approximate surface area is 302 Å². The normalized spacial score (nSPS) is 18.2. The summed E-state index contributed by atoms with van der Waals surface area (Å²) in [4.78, 5) is 14.9. The van der Waals surface area contributed by atoms with Gasteiger partial charge in [0.15, 0.2) is 22.2 Å². The van der Waals surface area contributed by atoms with Crippen LogP contribution in [0.15, 0.2) is 50.6 Å². The van der Waals surface area contributed by atoms with E-state index in [-0.39, 0.29) is 0 Å². The van der Waals surface area contributed by atoms with E-state index in [0.717, 1.165) is 79.3 Å². The predicted molar refractivity (Wildman–Crippen MR) is 218 cm³/mol. The molecule has 2 heterocycles. The summed E-state index contributed by atoms with van der Waals surface area (Å²) in [6.45, 7) is 41.3. The molecule has 0 aromatic rings. The monoisotopic (exact) mass is 753 g/mol. The van der Waals surface area contributed by atoms with Crippen molar-refractivity contribution in [3.8, 4) is 0 Å². The topological polar surface area (TPSA) is 45.5 Å². The van der Waals surface area contributed by atoms with Crippen LogP contribution in [0.2, 0.25) is 57.4 Å². The average molecular weight is 756 g/mol. The van der Waals surface area contributed by atoms with E-state index in [1.54, 1.807) is 6.08 Å². The molecule has 2 fully saturated rings. The first-order valence-electron chi connectivity index (χ1n) is 17.0. The van der Waals surface area contributed by atoms with Crippen molar-refractivity contribution in [3.63, 3.8) is 0 Å². The molecule has 0 aromatic heterocycles. The van der Waals surface area contributed by atoms with E-state index in [1.807, 2.05) is 18.2 Å². The van der Waals surface area contributed by atoms with Gasteiger partial charge in [-0.2, -0.15) is 33.2 Å². The number of hydrogen-bond acceptors (Lipinski definition) is 7.